The molecule has 102 valence electrons. The van der Waals surface area contributed by atoms with Crippen molar-refractivity contribution in [3.05, 3.63) is 42.1 Å². The monoisotopic (exact) mass is 258 g/mol. The lowest BCUT2D eigenvalue weighted by Crippen LogP contribution is -2.37. The number of rotatable bonds is 6. The van der Waals surface area contributed by atoms with Crippen LogP contribution in [0.5, 0.6) is 0 Å². The first-order chi connectivity index (χ1) is 9.20. The van der Waals surface area contributed by atoms with Gasteiger partial charge < -0.3 is 10.1 Å². The number of benzene rings is 1. The maximum Gasteiger partial charge on any atom is 0.0702 e. The first-order valence-corrected chi connectivity index (χ1v) is 6.76. The molecule has 0 aliphatic heterocycles. The fraction of sp³-hybridized carbons (Fsp3) is 0.438. The van der Waals surface area contributed by atoms with E-state index in [4.69, 9.17) is 4.74 Å². The molecule has 0 aliphatic carbocycles. The fourth-order valence-corrected chi connectivity index (χ4v) is 2.15. The molecular formula is C16H22N2O. The zero-order chi connectivity index (χ0) is 13.7. The zero-order valence-electron chi connectivity index (χ0n) is 11.9. The van der Waals surface area contributed by atoms with Gasteiger partial charge in [-0.05, 0) is 29.7 Å². The van der Waals surface area contributed by atoms with Crippen LogP contribution >= 0.6 is 0 Å². The van der Waals surface area contributed by atoms with Gasteiger partial charge in [0.05, 0.1) is 12.1 Å². The van der Waals surface area contributed by atoms with Crippen molar-refractivity contribution in [2.45, 2.75) is 26.4 Å². The molecule has 0 amide bonds. The lowest BCUT2D eigenvalue weighted by atomic mass is 10.0. The maximum absolute atomic E-state index is 5.25. The summed E-state index contributed by atoms with van der Waals surface area (Å²) < 4.78 is 5.25. The second-order valence-electron chi connectivity index (χ2n) is 5.22. The highest BCUT2D eigenvalue weighted by atomic mass is 16.5. The van der Waals surface area contributed by atoms with Crippen LogP contribution in [0.1, 0.15) is 19.4 Å². The van der Waals surface area contributed by atoms with Crippen LogP contribution in [0, 0.1) is 5.92 Å². The van der Waals surface area contributed by atoms with Gasteiger partial charge in [-0.2, -0.15) is 0 Å². The van der Waals surface area contributed by atoms with Crippen molar-refractivity contribution in [3.8, 4) is 0 Å². The third-order valence-electron chi connectivity index (χ3n) is 3.39. The minimum Gasteiger partial charge on any atom is -0.383 e. The Balaban J connectivity index is 2.04. The number of pyridine rings is 1. The van der Waals surface area contributed by atoms with Crippen LogP contribution in [0.2, 0.25) is 0 Å². The highest BCUT2D eigenvalue weighted by molar-refractivity contribution is 5.78. The van der Waals surface area contributed by atoms with Crippen molar-refractivity contribution in [2.75, 3.05) is 13.7 Å². The SMILES string of the molecule is COCC(NCc1ccc2ncccc2c1)C(C)C. The van der Waals surface area contributed by atoms with E-state index in [-0.39, 0.29) is 0 Å². The third kappa shape index (κ3) is 3.75. The molecule has 1 atom stereocenters. The van der Waals surface area contributed by atoms with Gasteiger partial charge >= 0.3 is 0 Å². The molecule has 0 fully saturated rings. The Labute approximate surface area is 115 Å². The van der Waals surface area contributed by atoms with E-state index < -0.39 is 0 Å². The summed E-state index contributed by atoms with van der Waals surface area (Å²) in [6, 6.07) is 10.9. The molecule has 2 aromatic rings. The van der Waals surface area contributed by atoms with Crippen LogP contribution in [0.4, 0.5) is 0 Å². The summed E-state index contributed by atoms with van der Waals surface area (Å²) in [5.74, 6) is 0.557. The summed E-state index contributed by atoms with van der Waals surface area (Å²) in [4.78, 5) is 4.33. The zero-order valence-corrected chi connectivity index (χ0v) is 11.9. The molecule has 1 N–H and O–H groups in total. The first-order valence-electron chi connectivity index (χ1n) is 6.76. The van der Waals surface area contributed by atoms with E-state index >= 15 is 0 Å². The number of nitrogens with zero attached hydrogens (tertiary/aromatic N) is 1. The number of fused-ring (bicyclic) bond motifs is 1. The molecule has 1 aromatic carbocycles. The Kier molecular flexibility index (Phi) is 4.88. The summed E-state index contributed by atoms with van der Waals surface area (Å²) in [7, 11) is 1.75. The van der Waals surface area contributed by atoms with Gasteiger partial charge in [-0.15, -0.1) is 0 Å². The van der Waals surface area contributed by atoms with E-state index in [1.807, 2.05) is 12.3 Å². The smallest absolute Gasteiger partial charge is 0.0702 e. The number of aromatic nitrogens is 1. The first kappa shape index (κ1) is 14.0. The summed E-state index contributed by atoms with van der Waals surface area (Å²) in [5, 5.41) is 4.75. The highest BCUT2D eigenvalue weighted by Crippen LogP contribution is 2.13. The number of ether oxygens (including phenoxy) is 1. The largest absolute Gasteiger partial charge is 0.383 e. The summed E-state index contributed by atoms with van der Waals surface area (Å²) in [5.41, 5.74) is 2.32. The molecule has 1 aromatic heterocycles. The molecule has 3 nitrogen and oxygen atoms in total. The fourth-order valence-electron chi connectivity index (χ4n) is 2.15. The number of methoxy groups -OCH3 is 1. The van der Waals surface area contributed by atoms with Crippen molar-refractivity contribution >= 4 is 10.9 Å². The molecule has 19 heavy (non-hydrogen) atoms. The van der Waals surface area contributed by atoms with Gasteiger partial charge in [-0.3, -0.25) is 4.98 Å². The van der Waals surface area contributed by atoms with Gasteiger partial charge in [0, 0.05) is 31.3 Å². The lowest BCUT2D eigenvalue weighted by molar-refractivity contribution is 0.146. The van der Waals surface area contributed by atoms with Gasteiger partial charge in [0.2, 0.25) is 0 Å². The van der Waals surface area contributed by atoms with Crippen LogP contribution in [0.3, 0.4) is 0 Å². The molecule has 1 unspecified atom stereocenters. The quantitative estimate of drug-likeness (QED) is 0.865. The Bertz CT molecular complexity index is 525. The van der Waals surface area contributed by atoms with Crippen molar-refractivity contribution < 1.29 is 4.74 Å². The minimum absolute atomic E-state index is 0.384. The van der Waals surface area contributed by atoms with E-state index in [9.17, 15) is 0 Å². The lowest BCUT2D eigenvalue weighted by Gasteiger charge is -2.21. The van der Waals surface area contributed by atoms with Crippen molar-refractivity contribution in [3.63, 3.8) is 0 Å². The number of nitrogens with one attached hydrogen (secondary N) is 1. The van der Waals surface area contributed by atoms with Crippen molar-refractivity contribution in [2.24, 2.45) is 5.92 Å². The van der Waals surface area contributed by atoms with Crippen LogP contribution in [-0.2, 0) is 11.3 Å². The highest BCUT2D eigenvalue weighted by Gasteiger charge is 2.12. The second-order valence-corrected chi connectivity index (χ2v) is 5.22. The Morgan fingerprint density at radius 2 is 2.11 bits per heavy atom. The maximum atomic E-state index is 5.25. The normalized spacial score (nSPS) is 13.1. The Morgan fingerprint density at radius 1 is 1.26 bits per heavy atom. The summed E-state index contributed by atoms with van der Waals surface area (Å²) in [6.07, 6.45) is 1.83. The van der Waals surface area contributed by atoms with Gasteiger partial charge in [0.15, 0.2) is 0 Å². The van der Waals surface area contributed by atoms with Crippen molar-refractivity contribution in [1.82, 2.24) is 10.3 Å². The van der Waals surface area contributed by atoms with Gasteiger partial charge in [-0.25, -0.2) is 0 Å². The molecule has 0 saturated carbocycles. The van der Waals surface area contributed by atoms with Gasteiger partial charge in [0.25, 0.3) is 0 Å². The van der Waals surface area contributed by atoms with E-state index in [0.717, 1.165) is 18.7 Å². The summed E-state index contributed by atoms with van der Waals surface area (Å²) in [6.45, 7) is 6.02. The van der Waals surface area contributed by atoms with E-state index in [1.54, 1.807) is 7.11 Å². The van der Waals surface area contributed by atoms with E-state index in [1.165, 1.54) is 10.9 Å². The van der Waals surface area contributed by atoms with Crippen LogP contribution < -0.4 is 5.32 Å². The predicted molar refractivity (Wildman–Crippen MR) is 79.1 cm³/mol. The second kappa shape index (κ2) is 6.64. The van der Waals surface area contributed by atoms with Crippen LogP contribution in [0.25, 0.3) is 10.9 Å². The standard InChI is InChI=1S/C16H22N2O/c1-12(2)16(11-19-3)18-10-13-6-7-15-14(9-13)5-4-8-17-15/h4-9,12,16,18H,10-11H2,1-3H3. The topological polar surface area (TPSA) is 34.1 Å². The van der Waals surface area contributed by atoms with Crippen LogP contribution in [-0.4, -0.2) is 24.7 Å². The van der Waals surface area contributed by atoms with Crippen molar-refractivity contribution in [1.29, 1.82) is 0 Å². The molecule has 3 heteroatoms. The average Bonchev–Trinajstić information content (AvgIpc) is 2.43. The molecule has 1 heterocycles. The predicted octanol–water partition coefficient (Wildman–Crippen LogP) is 3.00. The molecule has 0 bridgehead atoms. The molecule has 2 rings (SSSR count). The van der Waals surface area contributed by atoms with Gasteiger partial charge in [-0.1, -0.05) is 26.0 Å². The number of hydrogen-bond donors (Lipinski definition) is 1. The van der Waals surface area contributed by atoms with E-state index in [0.29, 0.717) is 12.0 Å². The van der Waals surface area contributed by atoms with Gasteiger partial charge in [0.1, 0.15) is 0 Å². The molecular weight excluding hydrogens is 236 g/mol. The Hall–Kier alpha value is -1.45. The molecule has 0 aliphatic rings. The molecule has 0 spiro atoms. The average molecular weight is 258 g/mol. The van der Waals surface area contributed by atoms with Crippen LogP contribution in [0.15, 0.2) is 36.5 Å². The third-order valence-corrected chi connectivity index (χ3v) is 3.39. The number of hydrogen-bond acceptors (Lipinski definition) is 3. The molecule has 0 saturated heterocycles. The molecule has 0 radical (unpaired) electrons. The minimum atomic E-state index is 0.384. The summed E-state index contributed by atoms with van der Waals surface area (Å²) >= 11 is 0. The van der Waals surface area contributed by atoms with E-state index in [2.05, 4.69) is 48.4 Å². The Morgan fingerprint density at radius 3 is 2.84 bits per heavy atom.